The van der Waals surface area contributed by atoms with Gasteiger partial charge < -0.3 is 14.8 Å². The van der Waals surface area contributed by atoms with Crippen LogP contribution in [-0.4, -0.2) is 24.0 Å². The minimum Gasteiger partial charge on any atom is -0.477 e. The largest absolute Gasteiger partial charge is 0.477 e. The molecule has 1 fully saturated rings. The number of carbonyl (C=O) groups is 2. The Hall–Kier alpha value is -2.24. The fraction of sp³-hybridized carbons (Fsp3) is 0.300. The van der Waals surface area contributed by atoms with Gasteiger partial charge in [-0.2, -0.15) is 0 Å². The van der Waals surface area contributed by atoms with Gasteiger partial charge in [-0.3, -0.25) is 4.79 Å². The third kappa shape index (κ3) is 5.37. The van der Waals surface area contributed by atoms with Gasteiger partial charge in [-0.15, -0.1) is 0 Å². The molecule has 1 amide bonds. The molecule has 1 N–H and O–H groups in total. The van der Waals surface area contributed by atoms with Gasteiger partial charge in [0.05, 0.1) is 5.02 Å². The van der Waals surface area contributed by atoms with E-state index in [1.165, 1.54) is 13.0 Å². The standard InChI is InChI=1S/C20H19Cl2NO4/c1-12(26-17-10-7-14(21)11-16(17)22)20(25)27-18(13-5-3-2-4-6-13)19(24)23-15-8-9-15/h2-7,10-12,15,18H,8-9H2,1H3,(H,23,24). The van der Waals surface area contributed by atoms with Gasteiger partial charge in [0.2, 0.25) is 6.10 Å². The van der Waals surface area contributed by atoms with Crippen LogP contribution in [0.4, 0.5) is 0 Å². The molecular weight excluding hydrogens is 389 g/mol. The third-order valence-electron chi connectivity index (χ3n) is 4.03. The number of esters is 1. The lowest BCUT2D eigenvalue weighted by Gasteiger charge is -2.21. The molecule has 1 saturated carbocycles. The molecule has 0 saturated heterocycles. The van der Waals surface area contributed by atoms with Gasteiger partial charge >= 0.3 is 5.97 Å². The molecule has 2 atom stereocenters. The smallest absolute Gasteiger partial charge is 0.348 e. The number of nitrogens with one attached hydrogen (secondary N) is 1. The van der Waals surface area contributed by atoms with Gasteiger partial charge in [-0.25, -0.2) is 4.79 Å². The van der Waals surface area contributed by atoms with Crippen molar-refractivity contribution in [2.45, 2.75) is 38.0 Å². The quantitative estimate of drug-likeness (QED) is 0.693. The summed E-state index contributed by atoms with van der Waals surface area (Å²) in [6.07, 6.45) is -0.111. The van der Waals surface area contributed by atoms with E-state index >= 15 is 0 Å². The molecule has 0 bridgehead atoms. The summed E-state index contributed by atoms with van der Waals surface area (Å²) in [5.74, 6) is -0.696. The van der Waals surface area contributed by atoms with E-state index in [1.807, 2.05) is 6.07 Å². The van der Waals surface area contributed by atoms with Crippen molar-refractivity contribution in [3.05, 3.63) is 64.1 Å². The molecule has 2 aromatic carbocycles. The number of rotatable bonds is 7. The van der Waals surface area contributed by atoms with E-state index in [4.69, 9.17) is 32.7 Å². The molecule has 0 heterocycles. The number of hydrogen-bond acceptors (Lipinski definition) is 4. The predicted octanol–water partition coefficient (Wildman–Crippen LogP) is 4.32. The van der Waals surface area contributed by atoms with Gasteiger partial charge in [0.1, 0.15) is 5.75 Å². The van der Waals surface area contributed by atoms with E-state index in [2.05, 4.69) is 5.32 Å². The Labute approximate surface area is 167 Å². The highest BCUT2D eigenvalue weighted by Crippen LogP contribution is 2.29. The van der Waals surface area contributed by atoms with Crippen LogP contribution in [0.1, 0.15) is 31.4 Å². The zero-order valence-electron chi connectivity index (χ0n) is 14.7. The summed E-state index contributed by atoms with van der Waals surface area (Å²) in [4.78, 5) is 25.1. The van der Waals surface area contributed by atoms with Crippen LogP contribution < -0.4 is 10.1 Å². The maximum atomic E-state index is 12.5. The molecule has 5 nitrogen and oxygen atoms in total. The Bertz CT molecular complexity index is 824. The molecule has 0 aliphatic heterocycles. The Balaban J connectivity index is 1.70. The van der Waals surface area contributed by atoms with Crippen LogP contribution in [0.25, 0.3) is 0 Å². The summed E-state index contributed by atoms with van der Waals surface area (Å²) in [5, 5.41) is 3.62. The van der Waals surface area contributed by atoms with E-state index in [-0.39, 0.29) is 17.0 Å². The number of halogens is 2. The molecule has 2 aromatic rings. The summed E-state index contributed by atoms with van der Waals surface area (Å²) < 4.78 is 11.1. The van der Waals surface area contributed by atoms with Crippen LogP contribution in [0.15, 0.2) is 48.5 Å². The first-order valence-electron chi connectivity index (χ1n) is 8.61. The Morgan fingerprint density at radius 2 is 1.81 bits per heavy atom. The van der Waals surface area contributed by atoms with Crippen molar-refractivity contribution in [3.63, 3.8) is 0 Å². The number of carbonyl (C=O) groups excluding carboxylic acids is 2. The Morgan fingerprint density at radius 3 is 2.44 bits per heavy atom. The monoisotopic (exact) mass is 407 g/mol. The van der Waals surface area contributed by atoms with E-state index < -0.39 is 18.2 Å². The number of amides is 1. The molecule has 7 heteroatoms. The number of ether oxygens (including phenoxy) is 2. The van der Waals surface area contributed by atoms with Gasteiger partial charge in [0.15, 0.2) is 6.10 Å². The molecule has 0 aromatic heterocycles. The highest BCUT2D eigenvalue weighted by molar-refractivity contribution is 6.35. The first-order valence-corrected chi connectivity index (χ1v) is 9.37. The van der Waals surface area contributed by atoms with Crippen molar-refractivity contribution in [3.8, 4) is 5.75 Å². The van der Waals surface area contributed by atoms with Crippen molar-refractivity contribution < 1.29 is 19.1 Å². The zero-order valence-corrected chi connectivity index (χ0v) is 16.2. The average molecular weight is 408 g/mol. The van der Waals surface area contributed by atoms with Gasteiger partial charge in [0, 0.05) is 16.6 Å². The Kier molecular flexibility index (Phi) is 6.24. The second kappa shape index (κ2) is 8.63. The van der Waals surface area contributed by atoms with Crippen LogP contribution in [0.3, 0.4) is 0 Å². The molecule has 27 heavy (non-hydrogen) atoms. The lowest BCUT2D eigenvalue weighted by atomic mass is 10.1. The van der Waals surface area contributed by atoms with Crippen molar-refractivity contribution >= 4 is 35.1 Å². The molecule has 1 aliphatic rings. The summed E-state index contributed by atoms with van der Waals surface area (Å²) in [6, 6.07) is 13.7. The zero-order chi connectivity index (χ0) is 19.4. The number of hydrogen-bond donors (Lipinski definition) is 1. The highest BCUT2D eigenvalue weighted by Gasteiger charge is 2.32. The van der Waals surface area contributed by atoms with Gasteiger partial charge in [-0.05, 0) is 38.0 Å². The van der Waals surface area contributed by atoms with Crippen LogP contribution >= 0.6 is 23.2 Å². The van der Waals surface area contributed by atoms with E-state index in [0.29, 0.717) is 16.3 Å². The minimum absolute atomic E-state index is 0.156. The minimum atomic E-state index is -1.04. The SMILES string of the molecule is CC(Oc1ccc(Cl)cc1Cl)C(=O)OC(C(=O)NC1CC1)c1ccccc1. The summed E-state index contributed by atoms with van der Waals surface area (Å²) in [6.45, 7) is 1.54. The maximum absolute atomic E-state index is 12.5. The summed E-state index contributed by atoms with van der Waals surface area (Å²) >= 11 is 11.9. The van der Waals surface area contributed by atoms with Gasteiger partial charge in [-0.1, -0.05) is 53.5 Å². The normalized spacial score (nSPS) is 15.5. The van der Waals surface area contributed by atoms with Crippen molar-refractivity contribution in [1.29, 1.82) is 0 Å². The van der Waals surface area contributed by atoms with Crippen molar-refractivity contribution in [2.75, 3.05) is 0 Å². The van der Waals surface area contributed by atoms with E-state index in [0.717, 1.165) is 12.8 Å². The first-order chi connectivity index (χ1) is 12.9. The van der Waals surface area contributed by atoms with Gasteiger partial charge in [0.25, 0.3) is 5.91 Å². The molecule has 3 rings (SSSR count). The summed E-state index contributed by atoms with van der Waals surface area (Å²) in [5.41, 5.74) is 0.598. The molecule has 1 aliphatic carbocycles. The lowest BCUT2D eigenvalue weighted by molar-refractivity contribution is -0.162. The lowest BCUT2D eigenvalue weighted by Crippen LogP contribution is -2.36. The molecule has 0 radical (unpaired) electrons. The predicted molar refractivity (Wildman–Crippen MR) is 103 cm³/mol. The highest BCUT2D eigenvalue weighted by atomic mass is 35.5. The summed E-state index contributed by atoms with van der Waals surface area (Å²) in [7, 11) is 0. The topological polar surface area (TPSA) is 64.6 Å². The molecule has 0 spiro atoms. The van der Waals surface area contributed by atoms with E-state index in [9.17, 15) is 9.59 Å². The second-order valence-corrected chi connectivity index (χ2v) is 7.19. The van der Waals surface area contributed by atoms with Crippen LogP contribution in [0.5, 0.6) is 5.75 Å². The van der Waals surface area contributed by atoms with Crippen LogP contribution in [-0.2, 0) is 14.3 Å². The van der Waals surface area contributed by atoms with Crippen LogP contribution in [0.2, 0.25) is 10.0 Å². The molecular formula is C20H19Cl2NO4. The fourth-order valence-corrected chi connectivity index (χ4v) is 2.88. The molecule has 2 unspecified atom stereocenters. The molecule has 142 valence electrons. The third-order valence-corrected chi connectivity index (χ3v) is 4.56. The van der Waals surface area contributed by atoms with Crippen molar-refractivity contribution in [2.24, 2.45) is 0 Å². The second-order valence-electron chi connectivity index (χ2n) is 6.35. The first kappa shape index (κ1) is 19.5. The maximum Gasteiger partial charge on any atom is 0.348 e. The van der Waals surface area contributed by atoms with Crippen LogP contribution in [0, 0.1) is 0 Å². The van der Waals surface area contributed by atoms with Crippen molar-refractivity contribution in [1.82, 2.24) is 5.32 Å². The number of benzene rings is 2. The Morgan fingerprint density at radius 1 is 1.11 bits per heavy atom. The van der Waals surface area contributed by atoms with E-state index in [1.54, 1.807) is 36.4 Å². The fourth-order valence-electron chi connectivity index (χ4n) is 2.43. The average Bonchev–Trinajstić information content (AvgIpc) is 3.46.